The second-order valence-electron chi connectivity index (χ2n) is 6.61. The standard InChI is InChI=1S/C19H27NO4/c1-3-22-18(21)16-13-19(23-11-12-24-19)10-9-17(16)20-14(2)15-7-5-4-6-8-15/h4-8,14,16-17,20H,3,9-13H2,1-2H3/t14?,16-,17-/m1/s1. The first-order valence-electron chi connectivity index (χ1n) is 8.89. The lowest BCUT2D eigenvalue weighted by Gasteiger charge is -2.41. The minimum atomic E-state index is -0.592. The molecular formula is C19H27NO4. The Labute approximate surface area is 143 Å². The van der Waals surface area contributed by atoms with E-state index in [0.717, 1.165) is 12.8 Å². The van der Waals surface area contributed by atoms with Gasteiger partial charge in [0.2, 0.25) is 0 Å². The van der Waals surface area contributed by atoms with Crippen LogP contribution in [0.25, 0.3) is 0 Å². The van der Waals surface area contributed by atoms with Crippen molar-refractivity contribution in [2.24, 2.45) is 5.92 Å². The predicted molar refractivity (Wildman–Crippen MR) is 90.4 cm³/mol. The zero-order valence-corrected chi connectivity index (χ0v) is 14.5. The van der Waals surface area contributed by atoms with Crippen molar-refractivity contribution in [3.63, 3.8) is 0 Å². The first-order valence-corrected chi connectivity index (χ1v) is 8.89. The lowest BCUT2D eigenvalue weighted by molar-refractivity contribution is -0.199. The van der Waals surface area contributed by atoms with Crippen molar-refractivity contribution in [1.82, 2.24) is 5.32 Å². The van der Waals surface area contributed by atoms with Gasteiger partial charge in [-0.15, -0.1) is 0 Å². The second kappa shape index (κ2) is 7.64. The summed E-state index contributed by atoms with van der Waals surface area (Å²) in [5.41, 5.74) is 1.22. The van der Waals surface area contributed by atoms with Crippen molar-refractivity contribution in [1.29, 1.82) is 0 Å². The van der Waals surface area contributed by atoms with Crippen molar-refractivity contribution in [2.45, 2.75) is 51.0 Å². The Bertz CT molecular complexity index is 542. The quantitative estimate of drug-likeness (QED) is 0.840. The van der Waals surface area contributed by atoms with Crippen molar-refractivity contribution in [2.75, 3.05) is 19.8 Å². The predicted octanol–water partition coefficient (Wildman–Crippen LogP) is 2.81. The van der Waals surface area contributed by atoms with Crippen LogP contribution in [-0.4, -0.2) is 37.6 Å². The molecule has 5 heteroatoms. The Balaban J connectivity index is 1.71. The Morgan fingerprint density at radius 2 is 2.04 bits per heavy atom. The molecule has 3 rings (SSSR count). The number of nitrogens with one attached hydrogen (secondary N) is 1. The molecule has 1 aromatic carbocycles. The summed E-state index contributed by atoms with van der Waals surface area (Å²) in [6.45, 7) is 5.58. The van der Waals surface area contributed by atoms with Gasteiger partial charge in [-0.1, -0.05) is 30.3 Å². The number of hydrogen-bond donors (Lipinski definition) is 1. The van der Waals surface area contributed by atoms with E-state index in [-0.39, 0.29) is 24.0 Å². The van der Waals surface area contributed by atoms with Crippen molar-refractivity contribution < 1.29 is 19.0 Å². The summed E-state index contributed by atoms with van der Waals surface area (Å²) in [6, 6.07) is 10.5. The summed E-state index contributed by atoms with van der Waals surface area (Å²) in [6.07, 6.45) is 2.20. The maximum atomic E-state index is 12.5. The van der Waals surface area contributed by atoms with Gasteiger partial charge in [0.05, 0.1) is 25.7 Å². The van der Waals surface area contributed by atoms with E-state index in [9.17, 15) is 4.79 Å². The van der Waals surface area contributed by atoms with Crippen LogP contribution in [0.2, 0.25) is 0 Å². The summed E-state index contributed by atoms with van der Waals surface area (Å²) in [5, 5.41) is 3.62. The topological polar surface area (TPSA) is 56.8 Å². The number of hydrogen-bond acceptors (Lipinski definition) is 5. The highest BCUT2D eigenvalue weighted by Crippen LogP contribution is 2.40. The molecule has 1 unspecified atom stereocenters. The van der Waals surface area contributed by atoms with Gasteiger partial charge < -0.3 is 19.5 Å². The molecule has 1 saturated heterocycles. The summed E-state index contributed by atoms with van der Waals surface area (Å²) in [4.78, 5) is 12.5. The highest BCUT2D eigenvalue weighted by Gasteiger charge is 2.48. The largest absolute Gasteiger partial charge is 0.466 e. The fourth-order valence-electron chi connectivity index (χ4n) is 3.77. The van der Waals surface area contributed by atoms with Crippen LogP contribution in [0, 0.1) is 5.92 Å². The third-order valence-corrected chi connectivity index (χ3v) is 5.02. The first kappa shape index (κ1) is 17.4. The van der Waals surface area contributed by atoms with Gasteiger partial charge in [0.1, 0.15) is 0 Å². The number of ether oxygens (including phenoxy) is 3. The Morgan fingerprint density at radius 3 is 2.71 bits per heavy atom. The van der Waals surface area contributed by atoms with Gasteiger partial charge >= 0.3 is 5.97 Å². The van der Waals surface area contributed by atoms with E-state index in [4.69, 9.17) is 14.2 Å². The molecule has 24 heavy (non-hydrogen) atoms. The van der Waals surface area contributed by atoms with Gasteiger partial charge in [-0.25, -0.2) is 0 Å². The molecule has 5 nitrogen and oxygen atoms in total. The Hall–Kier alpha value is -1.43. The minimum absolute atomic E-state index is 0.0673. The fraction of sp³-hybridized carbons (Fsp3) is 0.632. The molecule has 132 valence electrons. The van der Waals surface area contributed by atoms with Crippen LogP contribution in [0.1, 0.15) is 44.7 Å². The molecule has 2 fully saturated rings. The molecule has 1 aliphatic carbocycles. The summed E-state index contributed by atoms with van der Waals surface area (Å²) in [7, 11) is 0. The van der Waals surface area contributed by atoms with Crippen molar-refractivity contribution >= 4 is 5.97 Å². The SMILES string of the molecule is CCOC(=O)[C@@H]1CC2(CC[C@H]1NC(C)c1ccccc1)OCCO2. The highest BCUT2D eigenvalue weighted by molar-refractivity contribution is 5.73. The molecule has 2 aliphatic rings. The van der Waals surface area contributed by atoms with Crippen LogP contribution in [0.3, 0.4) is 0 Å². The van der Waals surface area contributed by atoms with E-state index < -0.39 is 5.79 Å². The van der Waals surface area contributed by atoms with Crippen LogP contribution in [0.4, 0.5) is 0 Å². The van der Waals surface area contributed by atoms with Gasteiger partial charge in [-0.3, -0.25) is 4.79 Å². The van der Waals surface area contributed by atoms with Gasteiger partial charge in [0.15, 0.2) is 5.79 Å². The normalized spacial score (nSPS) is 27.1. The molecule has 0 amide bonds. The number of rotatable bonds is 5. The Morgan fingerprint density at radius 1 is 1.33 bits per heavy atom. The molecule has 0 aromatic heterocycles. The van der Waals surface area contributed by atoms with E-state index in [0.29, 0.717) is 26.2 Å². The van der Waals surface area contributed by atoms with Crippen LogP contribution >= 0.6 is 0 Å². The van der Waals surface area contributed by atoms with E-state index >= 15 is 0 Å². The molecule has 1 spiro atoms. The highest BCUT2D eigenvalue weighted by atomic mass is 16.7. The fourth-order valence-corrected chi connectivity index (χ4v) is 3.77. The smallest absolute Gasteiger partial charge is 0.310 e. The van der Waals surface area contributed by atoms with Crippen LogP contribution in [-0.2, 0) is 19.0 Å². The van der Waals surface area contributed by atoms with Gasteiger partial charge in [-0.05, 0) is 25.8 Å². The maximum absolute atomic E-state index is 12.5. The molecule has 1 aliphatic heterocycles. The number of esters is 1. The van der Waals surface area contributed by atoms with Gasteiger partial charge in [0.25, 0.3) is 0 Å². The molecule has 1 aromatic rings. The Kier molecular flexibility index (Phi) is 5.54. The average molecular weight is 333 g/mol. The number of carbonyl (C=O) groups is 1. The summed E-state index contributed by atoms with van der Waals surface area (Å²) in [5.74, 6) is -0.998. The van der Waals surface area contributed by atoms with E-state index in [1.165, 1.54) is 5.56 Å². The van der Waals surface area contributed by atoms with Crippen molar-refractivity contribution in [3.05, 3.63) is 35.9 Å². The lowest BCUT2D eigenvalue weighted by atomic mass is 9.80. The maximum Gasteiger partial charge on any atom is 0.310 e. The summed E-state index contributed by atoms with van der Waals surface area (Å²) < 4.78 is 17.0. The molecule has 1 heterocycles. The van der Waals surface area contributed by atoms with E-state index in [1.807, 2.05) is 25.1 Å². The third kappa shape index (κ3) is 3.79. The van der Waals surface area contributed by atoms with E-state index in [2.05, 4.69) is 24.4 Å². The monoisotopic (exact) mass is 333 g/mol. The first-order chi connectivity index (χ1) is 11.6. The van der Waals surface area contributed by atoms with Gasteiger partial charge in [-0.2, -0.15) is 0 Å². The van der Waals surface area contributed by atoms with Crippen molar-refractivity contribution in [3.8, 4) is 0 Å². The minimum Gasteiger partial charge on any atom is -0.466 e. The third-order valence-electron chi connectivity index (χ3n) is 5.02. The molecule has 1 saturated carbocycles. The zero-order valence-electron chi connectivity index (χ0n) is 14.5. The van der Waals surface area contributed by atoms with E-state index in [1.54, 1.807) is 0 Å². The number of benzene rings is 1. The molecule has 0 radical (unpaired) electrons. The zero-order chi connectivity index (χ0) is 17.0. The molecule has 0 bridgehead atoms. The molecular weight excluding hydrogens is 306 g/mol. The van der Waals surface area contributed by atoms with Crippen LogP contribution < -0.4 is 5.32 Å². The second-order valence-corrected chi connectivity index (χ2v) is 6.61. The lowest BCUT2D eigenvalue weighted by Crippen LogP contribution is -2.51. The van der Waals surface area contributed by atoms with Crippen LogP contribution in [0.5, 0.6) is 0 Å². The molecule has 1 N–H and O–H groups in total. The molecule has 3 atom stereocenters. The summed E-state index contributed by atoms with van der Waals surface area (Å²) >= 11 is 0. The average Bonchev–Trinajstić information content (AvgIpc) is 3.05. The van der Waals surface area contributed by atoms with Crippen LogP contribution in [0.15, 0.2) is 30.3 Å². The van der Waals surface area contributed by atoms with Gasteiger partial charge in [0, 0.05) is 24.9 Å². The number of carbonyl (C=O) groups excluding carboxylic acids is 1.